The van der Waals surface area contributed by atoms with E-state index in [0.717, 1.165) is 37.2 Å². The molecular formula is C19H29N3O3. The highest BCUT2D eigenvalue weighted by atomic mass is 16.5. The Hall–Kier alpha value is -1.92. The lowest BCUT2D eigenvalue weighted by molar-refractivity contribution is -0.126. The van der Waals surface area contributed by atoms with Crippen LogP contribution in [0.25, 0.3) is 0 Å². The lowest BCUT2D eigenvalue weighted by atomic mass is 9.96. The maximum atomic E-state index is 12.3. The van der Waals surface area contributed by atoms with Crippen LogP contribution in [-0.4, -0.2) is 56.6 Å². The van der Waals surface area contributed by atoms with Gasteiger partial charge in [-0.1, -0.05) is 17.7 Å². The Kier molecular flexibility index (Phi) is 7.40. The van der Waals surface area contributed by atoms with Crippen LogP contribution in [0.3, 0.4) is 0 Å². The number of benzene rings is 1. The number of likely N-dealkylation sites (tertiary alicyclic amines) is 1. The standard InChI is InChI=1S/C19H29N3O3/c1-14-4-5-17(15(2)12-14)21-18(23)13-22-9-6-16(7-10-22)19(24)20-8-11-25-3/h4-5,12,16H,6-11,13H2,1-3H3,(H,20,24)(H,21,23). The van der Waals surface area contributed by atoms with Crippen molar-refractivity contribution in [3.8, 4) is 0 Å². The fourth-order valence-corrected chi connectivity index (χ4v) is 3.12. The summed E-state index contributed by atoms with van der Waals surface area (Å²) in [7, 11) is 1.62. The highest BCUT2D eigenvalue weighted by Gasteiger charge is 2.25. The highest BCUT2D eigenvalue weighted by Crippen LogP contribution is 2.18. The summed E-state index contributed by atoms with van der Waals surface area (Å²) in [5, 5.41) is 5.87. The first-order valence-corrected chi connectivity index (χ1v) is 8.85. The van der Waals surface area contributed by atoms with Crippen LogP contribution in [0.1, 0.15) is 24.0 Å². The number of hydrogen-bond donors (Lipinski definition) is 2. The van der Waals surface area contributed by atoms with Crippen molar-refractivity contribution in [3.63, 3.8) is 0 Å². The number of hydrogen-bond acceptors (Lipinski definition) is 4. The van der Waals surface area contributed by atoms with Crippen molar-refractivity contribution in [1.82, 2.24) is 10.2 Å². The Morgan fingerprint density at radius 3 is 2.60 bits per heavy atom. The first-order valence-electron chi connectivity index (χ1n) is 8.85. The first-order chi connectivity index (χ1) is 12.0. The minimum absolute atomic E-state index is 0.00468. The molecule has 1 heterocycles. The fraction of sp³-hybridized carbons (Fsp3) is 0.579. The number of amides is 2. The minimum Gasteiger partial charge on any atom is -0.383 e. The van der Waals surface area contributed by atoms with E-state index in [4.69, 9.17) is 4.74 Å². The third-order valence-corrected chi connectivity index (χ3v) is 4.59. The summed E-state index contributed by atoms with van der Waals surface area (Å²) < 4.78 is 4.94. The molecule has 1 fully saturated rings. The number of ether oxygens (including phenoxy) is 1. The van der Waals surface area contributed by atoms with Crippen LogP contribution < -0.4 is 10.6 Å². The van der Waals surface area contributed by atoms with Gasteiger partial charge in [-0.05, 0) is 51.4 Å². The average Bonchev–Trinajstić information content (AvgIpc) is 2.58. The van der Waals surface area contributed by atoms with Crippen LogP contribution in [0.4, 0.5) is 5.69 Å². The topological polar surface area (TPSA) is 70.7 Å². The number of anilines is 1. The van der Waals surface area contributed by atoms with E-state index in [9.17, 15) is 9.59 Å². The molecule has 1 saturated heterocycles. The van der Waals surface area contributed by atoms with E-state index in [1.165, 1.54) is 5.56 Å². The molecule has 0 aliphatic carbocycles. The van der Waals surface area contributed by atoms with Crippen molar-refractivity contribution < 1.29 is 14.3 Å². The van der Waals surface area contributed by atoms with Crippen molar-refractivity contribution in [2.75, 3.05) is 45.2 Å². The SMILES string of the molecule is COCCNC(=O)C1CCN(CC(=O)Nc2ccc(C)cc2C)CC1. The third-order valence-electron chi connectivity index (χ3n) is 4.59. The van der Waals surface area contributed by atoms with Gasteiger partial charge < -0.3 is 15.4 Å². The van der Waals surface area contributed by atoms with Crippen molar-refractivity contribution in [3.05, 3.63) is 29.3 Å². The molecule has 2 amide bonds. The zero-order chi connectivity index (χ0) is 18.2. The second-order valence-electron chi connectivity index (χ2n) is 6.70. The Morgan fingerprint density at radius 2 is 1.96 bits per heavy atom. The second-order valence-corrected chi connectivity index (χ2v) is 6.70. The molecule has 0 radical (unpaired) electrons. The third kappa shape index (κ3) is 6.14. The second kappa shape index (κ2) is 9.53. The van der Waals surface area contributed by atoms with Gasteiger partial charge in [-0.25, -0.2) is 0 Å². The van der Waals surface area contributed by atoms with Crippen LogP contribution in [0.2, 0.25) is 0 Å². The Bertz CT molecular complexity index is 596. The van der Waals surface area contributed by atoms with E-state index < -0.39 is 0 Å². The van der Waals surface area contributed by atoms with Gasteiger partial charge in [0.2, 0.25) is 11.8 Å². The molecule has 0 spiro atoms. The van der Waals surface area contributed by atoms with E-state index >= 15 is 0 Å². The molecule has 0 bridgehead atoms. The first kappa shape index (κ1) is 19.4. The molecule has 0 aromatic heterocycles. The van der Waals surface area contributed by atoms with Gasteiger partial charge in [0.05, 0.1) is 13.2 Å². The number of carbonyl (C=O) groups excluding carboxylic acids is 2. The number of nitrogens with one attached hydrogen (secondary N) is 2. The van der Waals surface area contributed by atoms with Crippen LogP contribution in [0.15, 0.2) is 18.2 Å². The van der Waals surface area contributed by atoms with Gasteiger partial charge in [0, 0.05) is 25.3 Å². The number of rotatable bonds is 7. The summed E-state index contributed by atoms with van der Waals surface area (Å²) in [6.45, 7) is 7.01. The zero-order valence-electron chi connectivity index (χ0n) is 15.4. The zero-order valence-corrected chi connectivity index (χ0v) is 15.4. The van der Waals surface area contributed by atoms with Crippen molar-refractivity contribution in [2.45, 2.75) is 26.7 Å². The molecule has 0 atom stereocenters. The summed E-state index contributed by atoms with van der Waals surface area (Å²) in [6, 6.07) is 6.00. The molecule has 0 unspecified atom stereocenters. The van der Waals surface area contributed by atoms with Gasteiger partial charge >= 0.3 is 0 Å². The molecule has 138 valence electrons. The number of piperidine rings is 1. The smallest absolute Gasteiger partial charge is 0.238 e. The van der Waals surface area contributed by atoms with Crippen LogP contribution in [0, 0.1) is 19.8 Å². The molecule has 2 N–H and O–H groups in total. The molecule has 6 heteroatoms. The number of methoxy groups -OCH3 is 1. The van der Waals surface area contributed by atoms with E-state index in [0.29, 0.717) is 19.7 Å². The van der Waals surface area contributed by atoms with Crippen molar-refractivity contribution in [1.29, 1.82) is 0 Å². The van der Waals surface area contributed by atoms with Gasteiger partial charge in [0.1, 0.15) is 0 Å². The van der Waals surface area contributed by atoms with Crippen molar-refractivity contribution in [2.24, 2.45) is 5.92 Å². The van der Waals surface area contributed by atoms with Gasteiger partial charge in [-0.3, -0.25) is 14.5 Å². The molecule has 0 saturated carbocycles. The number of aryl methyl sites for hydroxylation is 2. The van der Waals surface area contributed by atoms with E-state index in [-0.39, 0.29) is 17.7 Å². The molecule has 1 aromatic carbocycles. The normalized spacial score (nSPS) is 15.8. The Labute approximate surface area is 149 Å². The number of carbonyl (C=O) groups is 2. The summed E-state index contributed by atoms with van der Waals surface area (Å²) in [5.41, 5.74) is 3.11. The summed E-state index contributed by atoms with van der Waals surface area (Å²) in [4.78, 5) is 26.4. The average molecular weight is 347 g/mol. The number of nitrogens with zero attached hydrogens (tertiary/aromatic N) is 1. The molecule has 25 heavy (non-hydrogen) atoms. The van der Waals surface area contributed by atoms with E-state index in [1.807, 2.05) is 26.0 Å². The molecule has 1 aliphatic heterocycles. The maximum absolute atomic E-state index is 12.3. The lowest BCUT2D eigenvalue weighted by Gasteiger charge is -2.30. The quantitative estimate of drug-likeness (QED) is 0.737. The molecule has 1 aromatic rings. The molecular weight excluding hydrogens is 318 g/mol. The highest BCUT2D eigenvalue weighted by molar-refractivity contribution is 5.93. The molecule has 6 nitrogen and oxygen atoms in total. The predicted molar refractivity (Wildman–Crippen MR) is 98.6 cm³/mol. The summed E-state index contributed by atoms with van der Waals surface area (Å²) >= 11 is 0. The fourth-order valence-electron chi connectivity index (χ4n) is 3.12. The summed E-state index contributed by atoms with van der Waals surface area (Å²) in [6.07, 6.45) is 1.57. The van der Waals surface area contributed by atoms with Gasteiger partial charge in [-0.15, -0.1) is 0 Å². The monoisotopic (exact) mass is 347 g/mol. The van der Waals surface area contributed by atoms with E-state index in [1.54, 1.807) is 7.11 Å². The van der Waals surface area contributed by atoms with E-state index in [2.05, 4.69) is 21.6 Å². The van der Waals surface area contributed by atoms with Crippen molar-refractivity contribution >= 4 is 17.5 Å². The Balaban J connectivity index is 1.74. The largest absolute Gasteiger partial charge is 0.383 e. The summed E-state index contributed by atoms with van der Waals surface area (Å²) in [5.74, 6) is 0.127. The Morgan fingerprint density at radius 1 is 1.24 bits per heavy atom. The lowest BCUT2D eigenvalue weighted by Crippen LogP contribution is -2.43. The molecule has 1 aliphatic rings. The minimum atomic E-state index is -0.00468. The van der Waals surface area contributed by atoms with Crippen LogP contribution in [-0.2, 0) is 14.3 Å². The maximum Gasteiger partial charge on any atom is 0.238 e. The van der Waals surface area contributed by atoms with Gasteiger partial charge in [-0.2, -0.15) is 0 Å². The van der Waals surface area contributed by atoms with Gasteiger partial charge in [0.25, 0.3) is 0 Å². The van der Waals surface area contributed by atoms with Crippen LogP contribution >= 0.6 is 0 Å². The predicted octanol–water partition coefficient (Wildman–Crippen LogP) is 1.72. The molecule has 2 rings (SSSR count). The van der Waals surface area contributed by atoms with Crippen LogP contribution in [0.5, 0.6) is 0 Å². The van der Waals surface area contributed by atoms with Gasteiger partial charge in [0.15, 0.2) is 0 Å².